The summed E-state index contributed by atoms with van der Waals surface area (Å²) in [5.41, 5.74) is 2.03. The molecule has 1 atom stereocenters. The topological polar surface area (TPSA) is 62.1 Å². The van der Waals surface area contributed by atoms with Crippen molar-refractivity contribution in [3.63, 3.8) is 0 Å². The van der Waals surface area contributed by atoms with Crippen molar-refractivity contribution >= 4 is 11.7 Å². The molecule has 0 saturated carbocycles. The average Bonchev–Trinajstić information content (AvgIpc) is 2.47. The summed E-state index contributed by atoms with van der Waals surface area (Å²) in [4.78, 5) is 11.5. The fourth-order valence-electron chi connectivity index (χ4n) is 1.77. The fourth-order valence-corrected chi connectivity index (χ4v) is 1.77. The van der Waals surface area contributed by atoms with Crippen LogP contribution in [0.25, 0.3) is 0 Å². The van der Waals surface area contributed by atoms with Gasteiger partial charge in [0.05, 0.1) is 6.61 Å². The molecule has 0 saturated heterocycles. The minimum absolute atomic E-state index is 0.0363. The van der Waals surface area contributed by atoms with E-state index in [0.29, 0.717) is 5.92 Å². The Morgan fingerprint density at radius 2 is 2.15 bits per heavy atom. The van der Waals surface area contributed by atoms with Crippen LogP contribution in [0.2, 0.25) is 0 Å². The van der Waals surface area contributed by atoms with E-state index in [1.165, 1.54) is 6.20 Å². The van der Waals surface area contributed by atoms with Gasteiger partial charge in [-0.3, -0.25) is 0 Å². The van der Waals surface area contributed by atoms with Crippen LogP contribution in [-0.4, -0.2) is 12.6 Å². The molecule has 0 aromatic heterocycles. The second-order valence-electron chi connectivity index (χ2n) is 4.43. The highest BCUT2D eigenvalue weighted by Crippen LogP contribution is 2.26. The molecular formula is C16H20N2O2. The van der Waals surface area contributed by atoms with Crippen LogP contribution in [0.1, 0.15) is 38.7 Å². The molecule has 1 N–H and O–H groups in total. The lowest BCUT2D eigenvalue weighted by molar-refractivity contribution is -0.138. The Morgan fingerprint density at radius 3 is 2.75 bits per heavy atom. The first-order chi connectivity index (χ1) is 9.63. The normalized spacial score (nSPS) is 12.4. The Kier molecular flexibility index (Phi) is 6.31. The maximum absolute atomic E-state index is 11.5. The number of nitrogens with one attached hydrogen (secondary N) is 1. The Hall–Kier alpha value is -2.28. The maximum Gasteiger partial charge on any atom is 0.350 e. The van der Waals surface area contributed by atoms with Gasteiger partial charge in [0, 0.05) is 11.9 Å². The number of ether oxygens (including phenoxy) is 1. The Labute approximate surface area is 120 Å². The highest BCUT2D eigenvalue weighted by atomic mass is 16.5. The van der Waals surface area contributed by atoms with E-state index in [9.17, 15) is 4.79 Å². The fraction of sp³-hybridized carbons (Fsp3) is 0.375. The van der Waals surface area contributed by atoms with Crippen LogP contribution >= 0.6 is 0 Å². The van der Waals surface area contributed by atoms with Crippen molar-refractivity contribution in [2.45, 2.75) is 33.1 Å². The third-order valence-electron chi connectivity index (χ3n) is 3.09. The first kappa shape index (κ1) is 15.8. The Bertz CT molecular complexity index is 530. The van der Waals surface area contributed by atoms with Crippen molar-refractivity contribution < 1.29 is 9.53 Å². The summed E-state index contributed by atoms with van der Waals surface area (Å²) in [6, 6.07) is 9.71. The molecule has 0 unspecified atom stereocenters. The van der Waals surface area contributed by atoms with E-state index in [-0.39, 0.29) is 12.2 Å². The van der Waals surface area contributed by atoms with Crippen LogP contribution in [0.15, 0.2) is 36.0 Å². The molecule has 0 bridgehead atoms. The lowest BCUT2D eigenvalue weighted by atomic mass is 9.97. The van der Waals surface area contributed by atoms with E-state index in [1.807, 2.05) is 30.3 Å². The number of hydrogen-bond acceptors (Lipinski definition) is 4. The van der Waals surface area contributed by atoms with E-state index in [4.69, 9.17) is 10.00 Å². The van der Waals surface area contributed by atoms with Crippen LogP contribution in [0.5, 0.6) is 0 Å². The van der Waals surface area contributed by atoms with E-state index < -0.39 is 5.97 Å². The van der Waals surface area contributed by atoms with Crippen molar-refractivity contribution in [1.29, 1.82) is 5.26 Å². The number of carbonyl (C=O) groups excluding carboxylic acids is 1. The number of rotatable bonds is 6. The summed E-state index contributed by atoms with van der Waals surface area (Å²) in [6.07, 6.45) is 2.42. The third kappa shape index (κ3) is 4.13. The molecular weight excluding hydrogens is 252 g/mol. The van der Waals surface area contributed by atoms with Crippen molar-refractivity contribution in [3.8, 4) is 6.07 Å². The van der Waals surface area contributed by atoms with Gasteiger partial charge >= 0.3 is 5.97 Å². The molecule has 20 heavy (non-hydrogen) atoms. The number of para-hydroxylation sites is 1. The molecule has 0 heterocycles. The van der Waals surface area contributed by atoms with Gasteiger partial charge in [0.15, 0.2) is 5.57 Å². The third-order valence-corrected chi connectivity index (χ3v) is 3.09. The molecule has 1 aromatic rings. The van der Waals surface area contributed by atoms with Gasteiger partial charge < -0.3 is 10.1 Å². The first-order valence-corrected chi connectivity index (χ1v) is 6.76. The average molecular weight is 272 g/mol. The minimum Gasteiger partial charge on any atom is -0.462 e. The number of carbonyl (C=O) groups is 1. The van der Waals surface area contributed by atoms with Gasteiger partial charge in [0.2, 0.25) is 0 Å². The smallest absolute Gasteiger partial charge is 0.350 e. The van der Waals surface area contributed by atoms with Crippen LogP contribution in [0.4, 0.5) is 5.69 Å². The Balaban J connectivity index is 2.93. The molecule has 106 valence electrons. The molecule has 0 spiro atoms. The van der Waals surface area contributed by atoms with Crippen LogP contribution < -0.4 is 5.32 Å². The predicted molar refractivity (Wildman–Crippen MR) is 79.1 cm³/mol. The van der Waals surface area contributed by atoms with E-state index in [2.05, 4.69) is 19.2 Å². The van der Waals surface area contributed by atoms with Crippen molar-refractivity contribution in [3.05, 3.63) is 41.6 Å². The zero-order valence-corrected chi connectivity index (χ0v) is 12.1. The summed E-state index contributed by atoms with van der Waals surface area (Å²) >= 11 is 0. The largest absolute Gasteiger partial charge is 0.462 e. The van der Waals surface area contributed by atoms with Crippen LogP contribution in [0, 0.1) is 11.3 Å². The molecule has 1 aromatic carbocycles. The highest BCUT2D eigenvalue weighted by molar-refractivity contribution is 5.93. The lowest BCUT2D eigenvalue weighted by Crippen LogP contribution is -2.08. The van der Waals surface area contributed by atoms with E-state index in [1.54, 1.807) is 6.92 Å². The second-order valence-corrected chi connectivity index (χ2v) is 4.43. The minimum atomic E-state index is -0.608. The maximum atomic E-state index is 11.5. The number of anilines is 1. The molecule has 0 aliphatic heterocycles. The summed E-state index contributed by atoms with van der Waals surface area (Å²) < 4.78 is 4.81. The van der Waals surface area contributed by atoms with Gasteiger partial charge in [-0.25, -0.2) is 4.79 Å². The van der Waals surface area contributed by atoms with Gasteiger partial charge in [-0.15, -0.1) is 0 Å². The van der Waals surface area contributed by atoms with E-state index in [0.717, 1.165) is 17.7 Å². The number of hydrogen-bond donors (Lipinski definition) is 1. The van der Waals surface area contributed by atoms with Gasteiger partial charge in [0.1, 0.15) is 6.07 Å². The Morgan fingerprint density at radius 1 is 1.45 bits per heavy atom. The molecule has 0 aliphatic carbocycles. The van der Waals surface area contributed by atoms with Gasteiger partial charge in [-0.1, -0.05) is 32.0 Å². The summed E-state index contributed by atoms with van der Waals surface area (Å²) in [7, 11) is 0. The number of nitriles is 1. The lowest BCUT2D eigenvalue weighted by Gasteiger charge is -2.14. The SMILES string of the molecule is CCOC(=O)/C(C#N)=C/Nc1ccccc1[C@@H](C)CC. The number of benzene rings is 1. The highest BCUT2D eigenvalue weighted by Gasteiger charge is 2.11. The van der Waals surface area contributed by atoms with E-state index >= 15 is 0 Å². The molecule has 0 radical (unpaired) electrons. The van der Waals surface area contributed by atoms with Crippen molar-refractivity contribution in [2.24, 2.45) is 0 Å². The number of esters is 1. The zero-order chi connectivity index (χ0) is 15.0. The standard InChI is InChI=1S/C16H20N2O2/c1-4-12(3)14-8-6-7-9-15(14)18-11-13(10-17)16(19)20-5-2/h6-9,11-12,18H,4-5H2,1-3H3/b13-11+/t12-/m0/s1. The predicted octanol–water partition coefficient (Wildman–Crippen LogP) is 3.58. The molecule has 0 fully saturated rings. The van der Waals surface area contributed by atoms with Crippen molar-refractivity contribution in [1.82, 2.24) is 0 Å². The zero-order valence-electron chi connectivity index (χ0n) is 12.1. The molecule has 4 heteroatoms. The monoisotopic (exact) mass is 272 g/mol. The first-order valence-electron chi connectivity index (χ1n) is 6.76. The molecule has 4 nitrogen and oxygen atoms in total. The van der Waals surface area contributed by atoms with Crippen molar-refractivity contribution in [2.75, 3.05) is 11.9 Å². The van der Waals surface area contributed by atoms with Gasteiger partial charge in [0.25, 0.3) is 0 Å². The second kappa shape index (κ2) is 8.00. The quantitative estimate of drug-likeness (QED) is 0.488. The number of nitrogens with zero attached hydrogens (tertiary/aromatic N) is 1. The molecule has 0 aliphatic rings. The molecule has 0 amide bonds. The summed E-state index contributed by atoms with van der Waals surface area (Å²) in [6.45, 7) is 6.22. The van der Waals surface area contributed by atoms with Gasteiger partial charge in [-0.05, 0) is 30.9 Å². The van der Waals surface area contributed by atoms with Gasteiger partial charge in [-0.2, -0.15) is 5.26 Å². The summed E-state index contributed by atoms with van der Waals surface area (Å²) in [5.74, 6) is -0.205. The van der Waals surface area contributed by atoms with Crippen LogP contribution in [0.3, 0.4) is 0 Å². The molecule has 1 rings (SSSR count). The van der Waals surface area contributed by atoms with Crippen LogP contribution in [-0.2, 0) is 9.53 Å². The summed E-state index contributed by atoms with van der Waals surface area (Å²) in [5, 5.41) is 12.0.